The molecule has 0 radical (unpaired) electrons. The van der Waals surface area contributed by atoms with Crippen LogP contribution in [0.25, 0.3) is 0 Å². The molecule has 0 unspecified atom stereocenters. The Hall–Kier alpha value is -1.35. The first-order valence-corrected chi connectivity index (χ1v) is 5.33. The van der Waals surface area contributed by atoms with Crippen LogP contribution in [0.1, 0.15) is 15.9 Å². The first-order valence-electron chi connectivity index (χ1n) is 5.33. The van der Waals surface area contributed by atoms with Crippen molar-refractivity contribution in [3.8, 4) is 0 Å². The Kier molecular flexibility index (Phi) is 1.83. The fourth-order valence-corrected chi connectivity index (χ4v) is 2.43. The van der Waals surface area contributed by atoms with Crippen LogP contribution in [0.15, 0.2) is 24.3 Å². The first kappa shape index (κ1) is 8.92. The summed E-state index contributed by atoms with van der Waals surface area (Å²) < 4.78 is 0. The lowest BCUT2D eigenvalue weighted by atomic mass is 10.1. The van der Waals surface area contributed by atoms with Gasteiger partial charge in [0.15, 0.2) is 0 Å². The number of rotatable bonds is 1. The zero-order chi connectivity index (χ0) is 10.4. The van der Waals surface area contributed by atoms with Crippen molar-refractivity contribution in [2.45, 2.75) is 12.6 Å². The number of amides is 1. The number of fused-ring (bicyclic) bond motifs is 1. The maximum atomic E-state index is 12.0. The first-order chi connectivity index (χ1) is 7.25. The maximum Gasteiger partial charge on any atom is 0.254 e. The number of nitrogens with zero attached hydrogens (tertiary/aromatic N) is 2. The zero-order valence-electron chi connectivity index (χ0n) is 8.81. The second-order valence-electron chi connectivity index (χ2n) is 4.47. The monoisotopic (exact) mass is 202 g/mol. The lowest BCUT2D eigenvalue weighted by Crippen LogP contribution is -2.57. The van der Waals surface area contributed by atoms with Gasteiger partial charge in [-0.1, -0.05) is 18.2 Å². The zero-order valence-corrected chi connectivity index (χ0v) is 8.81. The van der Waals surface area contributed by atoms with Gasteiger partial charge in [0.1, 0.15) is 0 Å². The van der Waals surface area contributed by atoms with Crippen molar-refractivity contribution in [2.24, 2.45) is 0 Å². The average Bonchev–Trinajstić information content (AvgIpc) is 2.52. The Balaban J connectivity index is 1.84. The van der Waals surface area contributed by atoms with E-state index in [0.29, 0.717) is 6.04 Å². The third-order valence-electron chi connectivity index (χ3n) is 3.33. The summed E-state index contributed by atoms with van der Waals surface area (Å²) in [5.74, 6) is 0.212. The van der Waals surface area contributed by atoms with Crippen molar-refractivity contribution >= 4 is 5.91 Å². The van der Waals surface area contributed by atoms with Crippen molar-refractivity contribution in [2.75, 3.05) is 20.1 Å². The smallest absolute Gasteiger partial charge is 0.254 e. The van der Waals surface area contributed by atoms with Crippen molar-refractivity contribution < 1.29 is 4.79 Å². The van der Waals surface area contributed by atoms with Crippen LogP contribution in [0.5, 0.6) is 0 Å². The molecule has 1 saturated heterocycles. The van der Waals surface area contributed by atoms with Gasteiger partial charge < -0.3 is 9.80 Å². The van der Waals surface area contributed by atoms with Crippen LogP contribution >= 0.6 is 0 Å². The van der Waals surface area contributed by atoms with Crippen LogP contribution in [-0.2, 0) is 6.54 Å². The topological polar surface area (TPSA) is 23.6 Å². The van der Waals surface area contributed by atoms with E-state index in [0.717, 1.165) is 25.2 Å². The number of carbonyl (C=O) groups is 1. The molecule has 3 heteroatoms. The average molecular weight is 202 g/mol. The van der Waals surface area contributed by atoms with Gasteiger partial charge in [0.2, 0.25) is 0 Å². The molecule has 0 spiro atoms. The van der Waals surface area contributed by atoms with Crippen molar-refractivity contribution in [1.82, 2.24) is 9.80 Å². The van der Waals surface area contributed by atoms with Crippen LogP contribution in [0, 0.1) is 0 Å². The van der Waals surface area contributed by atoms with E-state index in [9.17, 15) is 4.79 Å². The summed E-state index contributed by atoms with van der Waals surface area (Å²) in [7, 11) is 2.09. The van der Waals surface area contributed by atoms with Crippen LogP contribution in [-0.4, -0.2) is 41.9 Å². The standard InChI is InChI=1S/C12H14N2O/c1-13-7-10(8-13)14-6-9-4-2-3-5-11(9)12(14)15/h2-5,10H,6-8H2,1H3. The van der Waals surface area contributed by atoms with E-state index in [1.165, 1.54) is 5.56 Å². The third kappa shape index (κ3) is 1.27. The SMILES string of the molecule is CN1CC(N2Cc3ccccc3C2=O)C1. The van der Waals surface area contributed by atoms with Gasteiger partial charge in [0.25, 0.3) is 5.91 Å². The molecule has 0 atom stereocenters. The molecule has 0 aromatic heterocycles. The van der Waals surface area contributed by atoms with Crippen LogP contribution < -0.4 is 0 Å². The third-order valence-corrected chi connectivity index (χ3v) is 3.33. The van der Waals surface area contributed by atoms with Crippen LogP contribution in [0.2, 0.25) is 0 Å². The molecule has 0 saturated carbocycles. The second kappa shape index (κ2) is 3.07. The Morgan fingerprint density at radius 2 is 2.00 bits per heavy atom. The van der Waals surface area contributed by atoms with Crippen LogP contribution in [0.3, 0.4) is 0 Å². The minimum Gasteiger partial charge on any atom is -0.329 e. The molecule has 2 aliphatic heterocycles. The molecule has 3 rings (SSSR count). The predicted molar refractivity (Wildman–Crippen MR) is 57.6 cm³/mol. The molecule has 15 heavy (non-hydrogen) atoms. The number of hydrogen-bond acceptors (Lipinski definition) is 2. The molecule has 1 aromatic rings. The summed E-state index contributed by atoms with van der Waals surface area (Å²) in [6.45, 7) is 2.83. The predicted octanol–water partition coefficient (Wildman–Crippen LogP) is 0.956. The highest BCUT2D eigenvalue weighted by Gasteiger charge is 2.37. The van der Waals surface area contributed by atoms with Crippen molar-refractivity contribution in [3.63, 3.8) is 0 Å². The summed E-state index contributed by atoms with van der Waals surface area (Å²) in [5, 5.41) is 0. The summed E-state index contributed by atoms with van der Waals surface area (Å²) in [4.78, 5) is 16.3. The molecule has 2 aliphatic rings. The van der Waals surface area contributed by atoms with Crippen LogP contribution in [0.4, 0.5) is 0 Å². The largest absolute Gasteiger partial charge is 0.329 e. The van der Waals surface area contributed by atoms with E-state index in [1.54, 1.807) is 0 Å². The number of benzene rings is 1. The fraction of sp³-hybridized carbons (Fsp3) is 0.417. The van der Waals surface area contributed by atoms with Gasteiger partial charge in [-0.25, -0.2) is 0 Å². The normalized spacial score (nSPS) is 21.7. The molecule has 78 valence electrons. The van der Waals surface area contributed by atoms with E-state index in [4.69, 9.17) is 0 Å². The number of likely N-dealkylation sites (tertiary alicyclic amines) is 1. The Morgan fingerprint density at radius 1 is 1.27 bits per heavy atom. The molecular formula is C12H14N2O. The molecule has 3 nitrogen and oxygen atoms in total. The highest BCUT2D eigenvalue weighted by molar-refractivity contribution is 5.98. The summed E-state index contributed by atoms with van der Waals surface area (Å²) in [6, 6.07) is 8.35. The van der Waals surface area contributed by atoms with E-state index < -0.39 is 0 Å². The maximum absolute atomic E-state index is 12.0. The molecule has 0 bridgehead atoms. The number of hydrogen-bond donors (Lipinski definition) is 0. The highest BCUT2D eigenvalue weighted by atomic mass is 16.2. The molecule has 0 aliphatic carbocycles. The van der Waals surface area contributed by atoms with Crippen molar-refractivity contribution in [1.29, 1.82) is 0 Å². The summed E-state index contributed by atoms with van der Waals surface area (Å²) >= 11 is 0. The van der Waals surface area contributed by atoms with E-state index in [1.807, 2.05) is 23.1 Å². The van der Waals surface area contributed by atoms with Gasteiger partial charge in [0.05, 0.1) is 6.04 Å². The van der Waals surface area contributed by atoms with Gasteiger partial charge in [-0.2, -0.15) is 0 Å². The summed E-state index contributed by atoms with van der Waals surface area (Å²) in [5.41, 5.74) is 2.07. The highest BCUT2D eigenvalue weighted by Crippen LogP contribution is 2.26. The quantitative estimate of drug-likeness (QED) is 0.677. The molecule has 2 heterocycles. The van der Waals surface area contributed by atoms with Gasteiger partial charge in [-0.05, 0) is 18.7 Å². The van der Waals surface area contributed by atoms with Crippen molar-refractivity contribution in [3.05, 3.63) is 35.4 Å². The van der Waals surface area contributed by atoms with E-state index in [2.05, 4.69) is 18.0 Å². The lowest BCUT2D eigenvalue weighted by Gasteiger charge is -2.41. The van der Waals surface area contributed by atoms with Gasteiger partial charge in [-0.15, -0.1) is 0 Å². The fourth-order valence-electron chi connectivity index (χ4n) is 2.43. The minimum atomic E-state index is 0.212. The summed E-state index contributed by atoms with van der Waals surface area (Å²) in [6.07, 6.45) is 0. The molecule has 1 fully saturated rings. The Bertz CT molecular complexity index is 410. The second-order valence-corrected chi connectivity index (χ2v) is 4.47. The molecular weight excluding hydrogens is 188 g/mol. The molecule has 1 aromatic carbocycles. The molecule has 1 amide bonds. The Labute approximate surface area is 89.3 Å². The lowest BCUT2D eigenvalue weighted by molar-refractivity contribution is 0.0386. The Morgan fingerprint density at radius 3 is 2.67 bits per heavy atom. The number of likely N-dealkylation sites (N-methyl/N-ethyl adjacent to an activating group) is 1. The van der Waals surface area contributed by atoms with Gasteiger partial charge in [-0.3, -0.25) is 4.79 Å². The molecule has 0 N–H and O–H groups in total. The van der Waals surface area contributed by atoms with Gasteiger partial charge >= 0.3 is 0 Å². The minimum absolute atomic E-state index is 0.212. The van der Waals surface area contributed by atoms with Gasteiger partial charge in [0, 0.05) is 25.2 Å². The van der Waals surface area contributed by atoms with E-state index in [-0.39, 0.29) is 5.91 Å². The van der Waals surface area contributed by atoms with E-state index >= 15 is 0 Å². The number of carbonyl (C=O) groups excluding carboxylic acids is 1.